The van der Waals surface area contributed by atoms with Crippen LogP contribution in [0.4, 0.5) is 0 Å². The van der Waals surface area contributed by atoms with Crippen LogP contribution in [0.2, 0.25) is 0 Å². The molecule has 0 aromatic heterocycles. The van der Waals surface area contributed by atoms with E-state index in [1.54, 1.807) is 13.2 Å². The highest BCUT2D eigenvalue weighted by molar-refractivity contribution is 9.10. The summed E-state index contributed by atoms with van der Waals surface area (Å²) in [6.07, 6.45) is 3.71. The monoisotopic (exact) mass is 396 g/mol. The highest BCUT2D eigenvalue weighted by Crippen LogP contribution is 2.24. The van der Waals surface area contributed by atoms with E-state index in [0.717, 1.165) is 56.6 Å². The second-order valence-electron chi connectivity index (χ2n) is 6.43. The maximum Gasteiger partial charge on any atom is 0.255 e. The number of hydrogen-bond donors (Lipinski definition) is 0. The summed E-state index contributed by atoms with van der Waals surface area (Å²) in [6.45, 7) is 5.38. The molecule has 2 saturated heterocycles. The van der Waals surface area contributed by atoms with Crippen molar-refractivity contribution in [2.45, 2.75) is 25.4 Å². The summed E-state index contributed by atoms with van der Waals surface area (Å²) in [5.41, 5.74) is 0.668. The summed E-state index contributed by atoms with van der Waals surface area (Å²) >= 11 is 3.49. The van der Waals surface area contributed by atoms with Gasteiger partial charge in [-0.3, -0.25) is 9.69 Å². The van der Waals surface area contributed by atoms with Gasteiger partial charge in [0.15, 0.2) is 0 Å². The minimum Gasteiger partial charge on any atom is -0.497 e. The predicted octanol–water partition coefficient (Wildman–Crippen LogP) is 2.78. The molecule has 0 bridgehead atoms. The first kappa shape index (κ1) is 17.7. The molecule has 24 heavy (non-hydrogen) atoms. The molecule has 1 atom stereocenters. The Bertz CT molecular complexity index is 575. The molecule has 2 heterocycles. The van der Waals surface area contributed by atoms with E-state index in [2.05, 4.69) is 20.8 Å². The molecule has 132 valence electrons. The lowest BCUT2D eigenvalue weighted by Gasteiger charge is -2.24. The van der Waals surface area contributed by atoms with Gasteiger partial charge in [-0.1, -0.05) is 0 Å². The van der Waals surface area contributed by atoms with Gasteiger partial charge in [0.25, 0.3) is 5.91 Å². The molecule has 2 fully saturated rings. The van der Waals surface area contributed by atoms with Gasteiger partial charge in [-0.25, -0.2) is 0 Å². The minimum atomic E-state index is 0.0692. The van der Waals surface area contributed by atoms with Crippen LogP contribution in [0.1, 0.15) is 29.6 Å². The summed E-state index contributed by atoms with van der Waals surface area (Å²) in [7, 11) is 1.62. The average molecular weight is 397 g/mol. The van der Waals surface area contributed by atoms with E-state index in [4.69, 9.17) is 9.47 Å². The Morgan fingerprint density at radius 2 is 2.17 bits per heavy atom. The van der Waals surface area contributed by atoms with Gasteiger partial charge in [0.1, 0.15) is 5.75 Å². The van der Waals surface area contributed by atoms with Crippen molar-refractivity contribution >= 4 is 21.8 Å². The number of ether oxygens (including phenoxy) is 2. The van der Waals surface area contributed by atoms with Crippen LogP contribution < -0.4 is 4.74 Å². The summed E-state index contributed by atoms with van der Waals surface area (Å²) in [4.78, 5) is 17.3. The van der Waals surface area contributed by atoms with Crippen molar-refractivity contribution in [3.8, 4) is 5.75 Å². The van der Waals surface area contributed by atoms with Gasteiger partial charge in [0.2, 0.25) is 0 Å². The lowest BCUT2D eigenvalue weighted by Crippen LogP contribution is -2.37. The normalized spacial score (nSPS) is 22.4. The molecule has 0 saturated carbocycles. The fourth-order valence-corrected chi connectivity index (χ4v) is 3.81. The molecule has 0 N–H and O–H groups in total. The van der Waals surface area contributed by atoms with Crippen molar-refractivity contribution in [1.29, 1.82) is 0 Å². The molecule has 1 amide bonds. The SMILES string of the molecule is COc1ccc(Br)c(C(=O)N2CCCN(C[C@H]3CCCO3)CC2)c1. The van der Waals surface area contributed by atoms with Crippen LogP contribution in [0.3, 0.4) is 0 Å². The summed E-state index contributed by atoms with van der Waals surface area (Å²) in [6, 6.07) is 5.53. The van der Waals surface area contributed by atoms with Crippen molar-refractivity contribution in [1.82, 2.24) is 9.80 Å². The third-order valence-electron chi connectivity index (χ3n) is 4.77. The van der Waals surface area contributed by atoms with E-state index < -0.39 is 0 Å². The van der Waals surface area contributed by atoms with Crippen molar-refractivity contribution in [2.24, 2.45) is 0 Å². The zero-order valence-corrected chi connectivity index (χ0v) is 15.8. The molecule has 0 aliphatic carbocycles. The number of carbonyl (C=O) groups is 1. The number of nitrogens with zero attached hydrogens (tertiary/aromatic N) is 2. The Morgan fingerprint density at radius 3 is 2.92 bits per heavy atom. The fraction of sp³-hybridized carbons (Fsp3) is 0.611. The number of carbonyl (C=O) groups excluding carboxylic acids is 1. The van der Waals surface area contributed by atoms with Crippen LogP contribution in [-0.2, 0) is 4.74 Å². The minimum absolute atomic E-state index is 0.0692. The molecule has 1 aromatic carbocycles. The summed E-state index contributed by atoms with van der Waals surface area (Å²) in [5, 5.41) is 0. The van der Waals surface area contributed by atoms with E-state index in [0.29, 0.717) is 17.4 Å². The third kappa shape index (κ3) is 4.29. The fourth-order valence-electron chi connectivity index (χ4n) is 3.40. The van der Waals surface area contributed by atoms with Crippen molar-refractivity contribution in [2.75, 3.05) is 46.4 Å². The van der Waals surface area contributed by atoms with Crippen LogP contribution >= 0.6 is 15.9 Å². The smallest absolute Gasteiger partial charge is 0.255 e. The lowest BCUT2D eigenvalue weighted by molar-refractivity contribution is 0.0703. The Labute approximate surface area is 152 Å². The third-order valence-corrected chi connectivity index (χ3v) is 5.46. The Kier molecular flexibility index (Phi) is 6.14. The van der Waals surface area contributed by atoms with Crippen molar-refractivity contribution < 1.29 is 14.3 Å². The number of hydrogen-bond acceptors (Lipinski definition) is 4. The second-order valence-corrected chi connectivity index (χ2v) is 7.28. The molecular formula is C18H25BrN2O3. The first-order chi connectivity index (χ1) is 11.7. The van der Waals surface area contributed by atoms with Crippen molar-refractivity contribution in [3.63, 3.8) is 0 Å². The molecule has 6 heteroatoms. The first-order valence-corrected chi connectivity index (χ1v) is 9.43. The van der Waals surface area contributed by atoms with Crippen LogP contribution in [0, 0.1) is 0 Å². The van der Waals surface area contributed by atoms with Crippen LogP contribution in [0.15, 0.2) is 22.7 Å². The zero-order valence-electron chi connectivity index (χ0n) is 14.2. The number of rotatable bonds is 4. The summed E-state index contributed by atoms with van der Waals surface area (Å²) in [5.74, 6) is 0.774. The molecule has 0 radical (unpaired) electrons. The average Bonchev–Trinajstić information content (AvgIpc) is 2.99. The molecule has 2 aliphatic heterocycles. The van der Waals surface area contributed by atoms with Crippen molar-refractivity contribution in [3.05, 3.63) is 28.2 Å². The number of amides is 1. The standard InChI is InChI=1S/C18H25BrN2O3/c1-23-14-5-6-17(19)16(12-14)18(22)21-8-3-7-20(9-10-21)13-15-4-2-11-24-15/h5-6,12,15H,2-4,7-11,13H2,1H3/t15-/m1/s1. The van der Waals surface area contributed by atoms with Gasteiger partial charge in [-0.05, 0) is 59.9 Å². The van der Waals surface area contributed by atoms with Crippen LogP contribution in [0.5, 0.6) is 5.75 Å². The van der Waals surface area contributed by atoms with E-state index in [1.165, 1.54) is 6.42 Å². The molecule has 0 unspecified atom stereocenters. The maximum absolute atomic E-state index is 12.9. The highest BCUT2D eigenvalue weighted by Gasteiger charge is 2.24. The predicted molar refractivity (Wildman–Crippen MR) is 96.6 cm³/mol. The van der Waals surface area contributed by atoms with Gasteiger partial charge in [-0.2, -0.15) is 0 Å². The Morgan fingerprint density at radius 1 is 1.29 bits per heavy atom. The van der Waals surface area contributed by atoms with E-state index in [-0.39, 0.29) is 5.91 Å². The topological polar surface area (TPSA) is 42.0 Å². The van der Waals surface area contributed by atoms with E-state index >= 15 is 0 Å². The summed E-state index contributed by atoms with van der Waals surface area (Å²) < 4.78 is 11.8. The molecule has 5 nitrogen and oxygen atoms in total. The van der Waals surface area contributed by atoms with Crippen LogP contribution in [-0.4, -0.2) is 68.3 Å². The number of methoxy groups -OCH3 is 1. The van der Waals surface area contributed by atoms with Gasteiger partial charge >= 0.3 is 0 Å². The number of halogens is 1. The van der Waals surface area contributed by atoms with Gasteiger partial charge < -0.3 is 14.4 Å². The molecule has 0 spiro atoms. The molecule has 2 aliphatic rings. The van der Waals surface area contributed by atoms with Gasteiger partial charge in [0.05, 0.1) is 18.8 Å². The zero-order chi connectivity index (χ0) is 16.9. The Hall–Kier alpha value is -1.11. The van der Waals surface area contributed by atoms with E-state index in [9.17, 15) is 4.79 Å². The van der Waals surface area contributed by atoms with E-state index in [1.807, 2.05) is 17.0 Å². The number of benzene rings is 1. The first-order valence-electron chi connectivity index (χ1n) is 8.64. The Balaban J connectivity index is 1.61. The highest BCUT2D eigenvalue weighted by atomic mass is 79.9. The quantitative estimate of drug-likeness (QED) is 0.784. The maximum atomic E-state index is 12.9. The van der Waals surface area contributed by atoms with Gasteiger partial charge in [-0.15, -0.1) is 0 Å². The molecule has 1 aromatic rings. The molecule has 3 rings (SSSR count). The second kappa shape index (κ2) is 8.32. The lowest BCUT2D eigenvalue weighted by atomic mass is 10.2. The largest absolute Gasteiger partial charge is 0.497 e. The van der Waals surface area contributed by atoms with Crippen LogP contribution in [0.25, 0.3) is 0 Å². The van der Waals surface area contributed by atoms with Gasteiger partial charge in [0, 0.05) is 37.3 Å². The molecular weight excluding hydrogens is 372 g/mol.